The van der Waals surface area contributed by atoms with E-state index in [4.69, 9.17) is 4.74 Å². The normalized spacial score (nSPS) is 11.8. The van der Waals surface area contributed by atoms with E-state index in [0.717, 1.165) is 17.0 Å². The molecule has 2 aromatic rings. The van der Waals surface area contributed by atoms with Crippen LogP contribution in [0, 0.1) is 17.0 Å². The van der Waals surface area contributed by atoms with Crippen LogP contribution < -0.4 is 10.1 Å². The maximum Gasteiger partial charge on any atom is 0.272 e. The van der Waals surface area contributed by atoms with Crippen molar-refractivity contribution in [2.24, 2.45) is 0 Å². The number of ether oxygens (including phenoxy) is 1. The minimum atomic E-state index is -0.679. The summed E-state index contributed by atoms with van der Waals surface area (Å²) in [6, 6.07) is 11.9. The molecule has 22 heavy (non-hydrogen) atoms. The number of benzene rings is 2. The molecule has 1 atom stereocenters. The Hall–Kier alpha value is -2.60. The summed E-state index contributed by atoms with van der Waals surface area (Å²) in [5.41, 5.74) is 2.16. The van der Waals surface area contributed by atoms with Gasteiger partial charge in [-0.05, 0) is 36.8 Å². The lowest BCUT2D eigenvalue weighted by atomic mass is 10.1. The fourth-order valence-electron chi connectivity index (χ4n) is 2.13. The van der Waals surface area contributed by atoms with Crippen LogP contribution in [-0.4, -0.2) is 23.7 Å². The molecule has 0 aliphatic carbocycles. The molecule has 2 aromatic carbocycles. The van der Waals surface area contributed by atoms with Crippen molar-refractivity contribution >= 4 is 11.4 Å². The Kier molecular flexibility index (Phi) is 4.95. The van der Waals surface area contributed by atoms with Crippen LogP contribution in [0.1, 0.15) is 17.2 Å². The van der Waals surface area contributed by atoms with Gasteiger partial charge in [-0.2, -0.15) is 0 Å². The van der Waals surface area contributed by atoms with E-state index in [1.807, 2.05) is 0 Å². The van der Waals surface area contributed by atoms with E-state index in [0.29, 0.717) is 12.1 Å². The second-order valence-electron chi connectivity index (χ2n) is 4.93. The SMILES string of the molecule is COc1ccc(C(O)CNc2ccc([N+](=O)[O-])c(C)c2)cc1. The number of nitro benzene ring substituents is 1. The summed E-state index contributed by atoms with van der Waals surface area (Å²) in [6.07, 6.45) is -0.679. The van der Waals surface area contributed by atoms with Gasteiger partial charge in [-0.1, -0.05) is 12.1 Å². The predicted molar refractivity (Wildman–Crippen MR) is 84.3 cm³/mol. The highest BCUT2D eigenvalue weighted by atomic mass is 16.6. The van der Waals surface area contributed by atoms with Gasteiger partial charge in [-0.3, -0.25) is 10.1 Å². The van der Waals surface area contributed by atoms with E-state index in [9.17, 15) is 15.2 Å². The maximum absolute atomic E-state index is 10.8. The average molecular weight is 302 g/mol. The molecule has 116 valence electrons. The lowest BCUT2D eigenvalue weighted by molar-refractivity contribution is -0.385. The largest absolute Gasteiger partial charge is 0.497 e. The zero-order valence-electron chi connectivity index (χ0n) is 12.4. The third-order valence-corrected chi connectivity index (χ3v) is 3.39. The number of nitrogens with zero attached hydrogens (tertiary/aromatic N) is 1. The van der Waals surface area contributed by atoms with Gasteiger partial charge < -0.3 is 15.2 Å². The standard InChI is InChI=1S/C16H18N2O4/c1-11-9-13(5-8-15(11)18(20)21)17-10-16(19)12-3-6-14(22-2)7-4-12/h3-9,16-17,19H,10H2,1-2H3. The third kappa shape index (κ3) is 3.73. The predicted octanol–water partition coefficient (Wildman–Crippen LogP) is 3.06. The first-order chi connectivity index (χ1) is 10.5. The summed E-state index contributed by atoms with van der Waals surface area (Å²) >= 11 is 0. The van der Waals surface area contributed by atoms with Crippen LogP contribution in [0.2, 0.25) is 0 Å². The number of hydrogen-bond acceptors (Lipinski definition) is 5. The number of hydrogen-bond donors (Lipinski definition) is 2. The third-order valence-electron chi connectivity index (χ3n) is 3.39. The smallest absolute Gasteiger partial charge is 0.272 e. The topological polar surface area (TPSA) is 84.6 Å². The van der Waals surface area contributed by atoms with Crippen molar-refractivity contribution in [2.75, 3.05) is 19.0 Å². The van der Waals surface area contributed by atoms with Crippen molar-refractivity contribution in [1.82, 2.24) is 0 Å². The Morgan fingerprint density at radius 1 is 1.27 bits per heavy atom. The van der Waals surface area contributed by atoms with Crippen LogP contribution in [-0.2, 0) is 0 Å². The summed E-state index contributed by atoms with van der Waals surface area (Å²) in [7, 11) is 1.59. The Balaban J connectivity index is 1.99. The van der Waals surface area contributed by atoms with E-state index >= 15 is 0 Å². The summed E-state index contributed by atoms with van der Waals surface area (Å²) in [4.78, 5) is 10.4. The van der Waals surface area contributed by atoms with E-state index in [-0.39, 0.29) is 5.69 Å². The summed E-state index contributed by atoms with van der Waals surface area (Å²) in [6.45, 7) is 1.99. The molecule has 0 aliphatic heterocycles. The van der Waals surface area contributed by atoms with Crippen LogP contribution in [0.4, 0.5) is 11.4 Å². The van der Waals surface area contributed by atoms with Gasteiger partial charge in [0.1, 0.15) is 5.75 Å². The number of aliphatic hydroxyl groups is 1. The van der Waals surface area contributed by atoms with E-state index < -0.39 is 11.0 Å². The lowest BCUT2D eigenvalue weighted by Gasteiger charge is -2.14. The summed E-state index contributed by atoms with van der Waals surface area (Å²) < 4.78 is 5.07. The van der Waals surface area contributed by atoms with Crippen LogP contribution in [0.25, 0.3) is 0 Å². The highest BCUT2D eigenvalue weighted by Gasteiger charge is 2.11. The number of anilines is 1. The molecule has 1 unspecified atom stereocenters. The fourth-order valence-corrected chi connectivity index (χ4v) is 2.13. The second kappa shape index (κ2) is 6.91. The molecule has 2 rings (SSSR count). The van der Waals surface area contributed by atoms with Crippen molar-refractivity contribution in [3.63, 3.8) is 0 Å². The van der Waals surface area contributed by atoms with Gasteiger partial charge in [0.2, 0.25) is 0 Å². The zero-order chi connectivity index (χ0) is 16.1. The number of aryl methyl sites for hydroxylation is 1. The van der Waals surface area contributed by atoms with Gasteiger partial charge in [0.15, 0.2) is 0 Å². The maximum atomic E-state index is 10.8. The molecule has 0 aliphatic rings. The molecule has 6 heteroatoms. The lowest BCUT2D eigenvalue weighted by Crippen LogP contribution is -2.12. The molecule has 6 nitrogen and oxygen atoms in total. The second-order valence-corrected chi connectivity index (χ2v) is 4.93. The van der Waals surface area contributed by atoms with Crippen molar-refractivity contribution in [1.29, 1.82) is 0 Å². The average Bonchev–Trinajstić information content (AvgIpc) is 2.52. The van der Waals surface area contributed by atoms with Gasteiger partial charge >= 0.3 is 0 Å². The minimum absolute atomic E-state index is 0.0845. The van der Waals surface area contributed by atoms with Gasteiger partial charge in [0.05, 0.1) is 18.1 Å². The highest BCUT2D eigenvalue weighted by Crippen LogP contribution is 2.23. The van der Waals surface area contributed by atoms with Crippen molar-refractivity contribution in [2.45, 2.75) is 13.0 Å². The number of nitrogens with one attached hydrogen (secondary N) is 1. The van der Waals surface area contributed by atoms with Gasteiger partial charge in [0.25, 0.3) is 5.69 Å². The molecule has 0 amide bonds. The molecular weight excluding hydrogens is 284 g/mol. The van der Waals surface area contributed by atoms with E-state index in [1.165, 1.54) is 6.07 Å². The first kappa shape index (κ1) is 15.8. The molecule has 0 saturated carbocycles. The molecule has 0 fully saturated rings. The van der Waals surface area contributed by atoms with Gasteiger partial charge in [0, 0.05) is 23.9 Å². The molecule has 0 spiro atoms. The molecular formula is C16H18N2O4. The van der Waals surface area contributed by atoms with Crippen LogP contribution in [0.5, 0.6) is 5.75 Å². The molecule has 0 saturated heterocycles. The zero-order valence-corrected chi connectivity index (χ0v) is 12.4. The molecule has 2 N–H and O–H groups in total. The minimum Gasteiger partial charge on any atom is -0.497 e. The van der Waals surface area contributed by atoms with E-state index in [1.54, 1.807) is 50.4 Å². The van der Waals surface area contributed by atoms with Crippen molar-refractivity contribution in [3.05, 3.63) is 63.7 Å². The van der Waals surface area contributed by atoms with Gasteiger partial charge in [-0.25, -0.2) is 0 Å². The van der Waals surface area contributed by atoms with Crippen molar-refractivity contribution in [3.8, 4) is 5.75 Å². The van der Waals surface area contributed by atoms with Crippen molar-refractivity contribution < 1.29 is 14.8 Å². The Morgan fingerprint density at radius 3 is 2.50 bits per heavy atom. The van der Waals surface area contributed by atoms with Crippen LogP contribution in [0.3, 0.4) is 0 Å². The molecule has 0 aromatic heterocycles. The first-order valence-electron chi connectivity index (χ1n) is 6.82. The number of nitro groups is 1. The monoisotopic (exact) mass is 302 g/mol. The fraction of sp³-hybridized carbons (Fsp3) is 0.250. The number of methoxy groups -OCH3 is 1. The molecule has 0 bridgehead atoms. The first-order valence-corrected chi connectivity index (χ1v) is 6.82. The van der Waals surface area contributed by atoms with E-state index in [2.05, 4.69) is 5.32 Å². The number of rotatable bonds is 6. The van der Waals surface area contributed by atoms with Crippen LogP contribution in [0.15, 0.2) is 42.5 Å². The summed E-state index contributed by atoms with van der Waals surface area (Å²) in [5.74, 6) is 0.731. The Morgan fingerprint density at radius 2 is 1.95 bits per heavy atom. The highest BCUT2D eigenvalue weighted by molar-refractivity contribution is 5.53. The quantitative estimate of drug-likeness (QED) is 0.633. The van der Waals surface area contributed by atoms with Crippen LogP contribution >= 0.6 is 0 Å². The Labute approximate surface area is 128 Å². The Bertz CT molecular complexity index is 656. The summed E-state index contributed by atoms with van der Waals surface area (Å²) in [5, 5.41) is 24.0. The molecule has 0 heterocycles. The van der Waals surface area contributed by atoms with Gasteiger partial charge in [-0.15, -0.1) is 0 Å². The number of aliphatic hydroxyl groups excluding tert-OH is 1. The molecule has 0 radical (unpaired) electrons.